The van der Waals surface area contributed by atoms with Crippen LogP contribution in [0.4, 0.5) is 10.6 Å². The first-order valence-electron chi connectivity index (χ1n) is 11.1. The van der Waals surface area contributed by atoms with E-state index >= 15 is 0 Å². The van der Waals surface area contributed by atoms with E-state index in [9.17, 15) is 14.7 Å². The normalized spacial score (nSPS) is 23.7. The quantitative estimate of drug-likeness (QED) is 0.634. The number of anilines is 1. The number of nitrogens with zero attached hydrogens (tertiary/aromatic N) is 3. The van der Waals surface area contributed by atoms with E-state index in [2.05, 4.69) is 31.9 Å². The number of ether oxygens (including phenoxy) is 1. The lowest BCUT2D eigenvalue weighted by Crippen LogP contribution is -2.42. The Hall–Kier alpha value is -2.31. The Bertz CT molecular complexity index is 816. The SMILES string of the molecule is CC(C)N(c1nn(C2=CCC(C)(C)CC2)cc1OC(=O)O)C(=O)[C@H]1CC[C@H](C)CC1. The first-order chi connectivity index (χ1) is 14.1. The number of hydrogen-bond acceptors (Lipinski definition) is 4. The predicted octanol–water partition coefficient (Wildman–Crippen LogP) is 5.56. The minimum Gasteiger partial charge on any atom is -0.449 e. The van der Waals surface area contributed by atoms with Gasteiger partial charge in [0.05, 0.1) is 6.20 Å². The molecule has 7 heteroatoms. The maximum atomic E-state index is 13.4. The largest absolute Gasteiger partial charge is 0.511 e. The second-order valence-corrected chi connectivity index (χ2v) is 9.95. The maximum Gasteiger partial charge on any atom is 0.511 e. The highest BCUT2D eigenvalue weighted by atomic mass is 16.7. The van der Waals surface area contributed by atoms with E-state index in [0.717, 1.165) is 50.6 Å². The number of aromatic nitrogens is 2. The summed E-state index contributed by atoms with van der Waals surface area (Å²) in [4.78, 5) is 26.4. The van der Waals surface area contributed by atoms with E-state index in [1.807, 2.05) is 13.8 Å². The van der Waals surface area contributed by atoms with Crippen LogP contribution in [0.15, 0.2) is 12.3 Å². The molecule has 0 bridgehead atoms. The van der Waals surface area contributed by atoms with Crippen molar-refractivity contribution in [2.45, 2.75) is 85.6 Å². The van der Waals surface area contributed by atoms with Crippen LogP contribution in [-0.2, 0) is 4.79 Å². The summed E-state index contributed by atoms with van der Waals surface area (Å²) < 4.78 is 6.74. The lowest BCUT2D eigenvalue weighted by Gasteiger charge is -2.32. The first kappa shape index (κ1) is 22.4. The molecule has 0 spiro atoms. The van der Waals surface area contributed by atoms with Crippen LogP contribution in [0.5, 0.6) is 5.75 Å². The van der Waals surface area contributed by atoms with Gasteiger partial charge in [0, 0.05) is 17.7 Å². The summed E-state index contributed by atoms with van der Waals surface area (Å²) >= 11 is 0. The summed E-state index contributed by atoms with van der Waals surface area (Å²) in [7, 11) is 0. The second kappa shape index (κ2) is 8.82. The molecule has 3 rings (SSSR count). The zero-order valence-electron chi connectivity index (χ0n) is 18.9. The van der Waals surface area contributed by atoms with E-state index in [0.29, 0.717) is 11.7 Å². The minimum atomic E-state index is -1.41. The molecule has 0 unspecified atom stereocenters. The van der Waals surface area contributed by atoms with Gasteiger partial charge in [-0.15, -0.1) is 5.10 Å². The summed E-state index contributed by atoms with van der Waals surface area (Å²) in [6.45, 7) is 10.5. The number of carbonyl (C=O) groups excluding carboxylic acids is 1. The Morgan fingerprint density at radius 1 is 1.27 bits per heavy atom. The highest BCUT2D eigenvalue weighted by Crippen LogP contribution is 2.39. The average molecular weight is 418 g/mol. The van der Waals surface area contributed by atoms with Crippen LogP contribution in [-0.4, -0.2) is 33.0 Å². The lowest BCUT2D eigenvalue weighted by atomic mass is 9.80. The van der Waals surface area contributed by atoms with E-state index in [1.54, 1.807) is 15.8 Å². The Morgan fingerprint density at radius 2 is 1.93 bits per heavy atom. The summed E-state index contributed by atoms with van der Waals surface area (Å²) in [6, 6.07) is -0.157. The van der Waals surface area contributed by atoms with E-state index in [1.165, 1.54) is 0 Å². The van der Waals surface area contributed by atoms with Gasteiger partial charge in [-0.1, -0.05) is 26.8 Å². The van der Waals surface area contributed by atoms with Crippen molar-refractivity contribution in [2.75, 3.05) is 4.90 Å². The maximum absolute atomic E-state index is 13.4. The molecule has 1 heterocycles. The average Bonchev–Trinajstić information content (AvgIpc) is 3.04. The lowest BCUT2D eigenvalue weighted by molar-refractivity contribution is -0.124. The zero-order valence-corrected chi connectivity index (χ0v) is 18.9. The van der Waals surface area contributed by atoms with Crippen LogP contribution >= 0.6 is 0 Å². The highest BCUT2D eigenvalue weighted by Gasteiger charge is 2.34. The van der Waals surface area contributed by atoms with Crippen LogP contribution in [0.2, 0.25) is 0 Å². The van der Waals surface area contributed by atoms with Gasteiger partial charge in [-0.2, -0.15) is 0 Å². The molecule has 1 N–H and O–H groups in total. The molecule has 1 saturated carbocycles. The topological polar surface area (TPSA) is 84.7 Å². The molecular formula is C23H35N3O4. The molecule has 0 saturated heterocycles. The van der Waals surface area contributed by atoms with Crippen LogP contribution < -0.4 is 9.64 Å². The molecule has 166 valence electrons. The van der Waals surface area contributed by atoms with Crippen molar-refractivity contribution in [3.05, 3.63) is 12.3 Å². The van der Waals surface area contributed by atoms with E-state index in [-0.39, 0.29) is 29.0 Å². The van der Waals surface area contributed by atoms with Crippen molar-refractivity contribution in [1.82, 2.24) is 9.78 Å². The summed E-state index contributed by atoms with van der Waals surface area (Å²) in [6.07, 6.45) is 8.94. The Morgan fingerprint density at radius 3 is 2.47 bits per heavy atom. The van der Waals surface area contributed by atoms with Gasteiger partial charge in [-0.05, 0) is 70.1 Å². The molecule has 2 aliphatic rings. The van der Waals surface area contributed by atoms with Crippen molar-refractivity contribution in [3.8, 4) is 5.75 Å². The van der Waals surface area contributed by atoms with E-state index in [4.69, 9.17) is 4.74 Å². The smallest absolute Gasteiger partial charge is 0.449 e. The third kappa shape index (κ3) is 5.05. The standard InChI is InChI=1S/C23H35N3O4/c1-15(2)26(21(27)17-8-6-16(3)7-9-17)20-19(30-22(28)29)14-25(24-20)18-10-12-23(4,5)13-11-18/h10,14-17H,6-9,11-13H2,1-5H3,(H,28,29)/t16-,17-. The number of carbonyl (C=O) groups is 2. The predicted molar refractivity (Wildman–Crippen MR) is 117 cm³/mol. The van der Waals surface area contributed by atoms with Gasteiger partial charge in [0.1, 0.15) is 0 Å². The third-order valence-corrected chi connectivity index (χ3v) is 6.45. The van der Waals surface area contributed by atoms with Crippen LogP contribution in [0.25, 0.3) is 5.70 Å². The number of carboxylic acid groups (broad SMARTS) is 1. The van der Waals surface area contributed by atoms with Crippen molar-refractivity contribution in [3.63, 3.8) is 0 Å². The monoisotopic (exact) mass is 417 g/mol. The Labute approximate surface area is 179 Å². The highest BCUT2D eigenvalue weighted by molar-refractivity contribution is 5.96. The molecule has 0 aliphatic heterocycles. The third-order valence-electron chi connectivity index (χ3n) is 6.45. The zero-order chi connectivity index (χ0) is 22.1. The first-order valence-corrected chi connectivity index (χ1v) is 11.1. The van der Waals surface area contributed by atoms with Crippen molar-refractivity contribution >= 4 is 23.6 Å². The van der Waals surface area contributed by atoms with Crippen LogP contribution in [0, 0.1) is 17.3 Å². The number of rotatable bonds is 5. The Balaban J connectivity index is 1.94. The molecule has 1 aromatic heterocycles. The number of amides is 1. The molecule has 7 nitrogen and oxygen atoms in total. The number of allylic oxidation sites excluding steroid dienone is 2. The second-order valence-electron chi connectivity index (χ2n) is 9.95. The summed E-state index contributed by atoms with van der Waals surface area (Å²) in [5.74, 6) is 1.01. The summed E-state index contributed by atoms with van der Waals surface area (Å²) in [5.41, 5.74) is 1.26. The van der Waals surface area contributed by atoms with Gasteiger partial charge in [0.15, 0.2) is 5.75 Å². The number of hydrogen-bond donors (Lipinski definition) is 1. The van der Waals surface area contributed by atoms with Gasteiger partial charge in [-0.3, -0.25) is 9.69 Å². The molecule has 1 fully saturated rings. The fraction of sp³-hybridized carbons (Fsp3) is 0.696. The molecule has 0 atom stereocenters. The van der Waals surface area contributed by atoms with Gasteiger partial charge in [0.25, 0.3) is 0 Å². The fourth-order valence-electron chi connectivity index (χ4n) is 4.41. The van der Waals surface area contributed by atoms with Gasteiger partial charge in [-0.25, -0.2) is 9.48 Å². The molecular weight excluding hydrogens is 382 g/mol. The van der Waals surface area contributed by atoms with Crippen LogP contribution in [0.3, 0.4) is 0 Å². The summed E-state index contributed by atoms with van der Waals surface area (Å²) in [5, 5.41) is 13.9. The fourth-order valence-corrected chi connectivity index (χ4v) is 4.41. The van der Waals surface area contributed by atoms with Crippen molar-refractivity contribution in [2.24, 2.45) is 17.3 Å². The molecule has 1 aromatic rings. The van der Waals surface area contributed by atoms with Gasteiger partial charge in [0.2, 0.25) is 11.7 Å². The molecule has 2 aliphatic carbocycles. The molecule has 1 amide bonds. The van der Waals surface area contributed by atoms with Crippen LogP contribution in [0.1, 0.15) is 79.6 Å². The van der Waals surface area contributed by atoms with Gasteiger partial charge < -0.3 is 9.84 Å². The minimum absolute atomic E-state index is 0.0103. The molecule has 30 heavy (non-hydrogen) atoms. The van der Waals surface area contributed by atoms with E-state index < -0.39 is 6.16 Å². The molecule has 0 radical (unpaired) electrons. The van der Waals surface area contributed by atoms with Crippen molar-refractivity contribution in [1.29, 1.82) is 0 Å². The Kier molecular flexibility index (Phi) is 6.58. The van der Waals surface area contributed by atoms with Crippen molar-refractivity contribution < 1.29 is 19.4 Å². The molecule has 0 aromatic carbocycles. The van der Waals surface area contributed by atoms with Gasteiger partial charge >= 0.3 is 6.16 Å².